The van der Waals surface area contributed by atoms with E-state index in [9.17, 15) is 121 Å². The Morgan fingerprint density at radius 2 is 0.693 bits per heavy atom. The van der Waals surface area contributed by atoms with E-state index < -0.39 is 289 Å². The van der Waals surface area contributed by atoms with E-state index in [0.29, 0.717) is 51.5 Å². The van der Waals surface area contributed by atoms with Crippen LogP contribution in [0.5, 0.6) is 0 Å². The largest absolute Gasteiger partial charge is 0.481 e. The number of carboxylic acid groups (broad SMARTS) is 3. The lowest BCUT2D eigenvalue weighted by atomic mass is 9.97. The molecule has 28 N–H and O–H groups in total. The van der Waals surface area contributed by atoms with Gasteiger partial charge in [-0.15, -0.1) is 0 Å². The first-order valence-electron chi connectivity index (χ1n) is 48.6. The number of unbranched alkanes of at least 4 members (excludes halogenated alkanes) is 3. The molecule has 0 aromatic carbocycles. The van der Waals surface area contributed by atoms with E-state index in [1.807, 2.05) is 13.8 Å². The third-order valence-corrected chi connectivity index (χ3v) is 25.9. The lowest BCUT2D eigenvalue weighted by Gasteiger charge is -2.32. The summed E-state index contributed by atoms with van der Waals surface area (Å²) in [6.45, 7) is 17.9. The highest BCUT2D eigenvalue weighted by Gasteiger charge is 2.46. The number of amides is 18. The maximum Gasteiger partial charge on any atom is 0.326 e. The molecule has 0 aromatic rings. The predicted octanol–water partition coefficient (Wildman–Crippen LogP) is -3.88. The Hall–Kier alpha value is -10.6. The van der Waals surface area contributed by atoms with Gasteiger partial charge in [0, 0.05) is 38.9 Å². The van der Waals surface area contributed by atoms with Gasteiger partial charge in [0.25, 0.3) is 0 Å². The molecule has 0 aromatic heterocycles. The summed E-state index contributed by atoms with van der Waals surface area (Å²) < 4.78 is 0. The molecule has 49 heteroatoms. The lowest BCUT2D eigenvalue weighted by Crippen LogP contribution is -2.62. The van der Waals surface area contributed by atoms with Crippen LogP contribution in [-0.4, -0.2) is 338 Å². The number of thioether (sulfide) groups is 2. The van der Waals surface area contributed by atoms with Crippen molar-refractivity contribution in [3.05, 3.63) is 0 Å². The van der Waals surface area contributed by atoms with Crippen LogP contribution in [0, 0.1) is 29.6 Å². The van der Waals surface area contributed by atoms with Gasteiger partial charge in [0.05, 0.1) is 18.7 Å². The second kappa shape index (κ2) is 64.0. The summed E-state index contributed by atoms with van der Waals surface area (Å²) in [4.78, 5) is 295. The number of carbonyl (C=O) groups is 21. The number of nitrogens with two attached hydrogens (primary N) is 5. The van der Waals surface area contributed by atoms with Gasteiger partial charge in [0.2, 0.25) is 106 Å². The van der Waals surface area contributed by atoms with Crippen LogP contribution in [0.1, 0.15) is 237 Å². The first-order chi connectivity index (χ1) is 66.0. The molecule has 19 atom stereocenters. The Morgan fingerprint density at radius 3 is 1.09 bits per heavy atom. The fourth-order valence-corrected chi connectivity index (χ4v) is 17.3. The molecule has 0 bridgehead atoms. The number of hydrogen-bond donors (Lipinski definition) is 23. The van der Waals surface area contributed by atoms with Crippen molar-refractivity contribution in [2.45, 2.75) is 345 Å². The molecule has 3 aliphatic heterocycles. The van der Waals surface area contributed by atoms with Gasteiger partial charge >= 0.3 is 17.9 Å². The molecule has 3 rings (SSSR count). The molecule has 0 radical (unpaired) electrons. The first-order valence-corrected chi connectivity index (χ1v) is 51.4. The van der Waals surface area contributed by atoms with Gasteiger partial charge in [-0.1, -0.05) is 75.7 Å². The highest BCUT2D eigenvalue weighted by Crippen LogP contribution is 2.26. The molecule has 47 nitrogen and oxygen atoms in total. The molecule has 3 saturated heterocycles. The number of nitrogens with zero attached hydrogens (tertiary/aromatic N) is 3. The third kappa shape index (κ3) is 41.9. The molecule has 0 aliphatic carbocycles. The van der Waals surface area contributed by atoms with Crippen molar-refractivity contribution in [2.24, 2.45) is 58.3 Å². The van der Waals surface area contributed by atoms with Crippen LogP contribution >= 0.6 is 23.5 Å². The summed E-state index contributed by atoms with van der Waals surface area (Å²) in [7, 11) is 0. The van der Waals surface area contributed by atoms with Crippen molar-refractivity contribution in [3.8, 4) is 0 Å². The number of carbonyl (C=O) groups excluding carboxylic acids is 18. The quantitative estimate of drug-likeness (QED) is 0.0259. The SMILES string of the molecule is CC[C@H](C)[C@H](NC(=O)[C@H](CCC(=O)O)NC(=O)[C@@H]1CCCN1C(=O)[C@H](CCC(N)=O)NC(=O)[C@@H](N)CC(C)C)C(=O)N[C@@H](CCSC)C(=O)NCC(=O)N[C@H](C(=O)N1CCC[C@H]1C(=O)N[C@@H](CCCCN)C(=O)N[C@H](C(=O)N[C@@H](CCCCN)C(=O)N[C@@H](CCC(=O)O)C(=O)N[C@H](C(=O)N[C@@H](CCSC)C(=O)N[C@H](C(=O)N1CCC[C@H]1C(=O)N[C@@H](CCCCN)C(=O)O)C(C)C)[C@@H](C)O)C(C)C)C(C)C. The summed E-state index contributed by atoms with van der Waals surface area (Å²) in [5.41, 5.74) is 28.8. The molecule has 3 heterocycles. The van der Waals surface area contributed by atoms with Gasteiger partial charge in [-0.05, 0) is 215 Å². The summed E-state index contributed by atoms with van der Waals surface area (Å²) in [5.74, 6) is -21.6. The second-order valence-corrected chi connectivity index (χ2v) is 39.5. The van der Waals surface area contributed by atoms with E-state index in [0.717, 1.165) is 6.92 Å². The van der Waals surface area contributed by atoms with E-state index in [1.165, 1.54) is 38.2 Å². The molecule has 794 valence electrons. The van der Waals surface area contributed by atoms with Crippen LogP contribution in [-0.2, 0) is 101 Å². The van der Waals surface area contributed by atoms with Gasteiger partial charge < -0.3 is 138 Å². The minimum absolute atomic E-state index is 0.0105. The van der Waals surface area contributed by atoms with Crippen molar-refractivity contribution < 1.29 is 121 Å². The standard InChI is InChI=1S/C91H158N22O25S2/c1-14-52(10)73(109-79(125)58(32-35-69(119)120)100-82(128)63-27-21-41-111(63)88(134)61(30-33-66(96)115)104-75(121)54(95)46-48(2)3)86(132)102-59(36-44-139-12)76(122)97-47-67(116)106-71(50(6)7)89(135)112-42-22-28-64(112)83(129)99-56(25-16-19-39-93)78(124)107-70(49(4)5)85(131)101-55(24-15-18-38-92)77(123)98-57(31-34-68(117)118)80(126)110-74(53(11)114)87(133)103-60(37-45-140-13)81(127)108-72(51(8)9)90(136)113-43-23-29-65(113)84(130)105-62(91(137)138)26-17-20-40-94/h48-65,70-74,114H,14-47,92-95H2,1-13H3,(H2,96,115)(H,97,122)(H,98,123)(H,99,129)(H,100,128)(H,101,131)(H,102,132)(H,103,133)(H,104,121)(H,105,130)(H,106,116)(H,107,124)(H,108,127)(H,109,125)(H,110,126)(H,117,118)(H,119,120)(H,137,138)/t52-,53+,54-,55-,56-,57-,58-,59-,60-,61-,62-,63-,64-,65-,70-,71-,72-,73-,74-/m0/s1. The Balaban J connectivity index is 1.84. The minimum atomic E-state index is -1.89. The maximum absolute atomic E-state index is 14.7. The van der Waals surface area contributed by atoms with Gasteiger partial charge in [0.15, 0.2) is 0 Å². The Labute approximate surface area is 827 Å². The zero-order chi connectivity index (χ0) is 105. The normalized spacial score (nSPS) is 18.1. The van der Waals surface area contributed by atoms with Gasteiger partial charge in [-0.3, -0.25) is 95.9 Å². The number of primary amides is 1. The summed E-state index contributed by atoms with van der Waals surface area (Å²) in [6.07, 6.45) is 2.52. The monoisotopic (exact) mass is 2020 g/mol. The molecule has 0 unspecified atom stereocenters. The van der Waals surface area contributed by atoms with E-state index >= 15 is 0 Å². The van der Waals surface area contributed by atoms with E-state index in [-0.39, 0.29) is 140 Å². The fourth-order valence-electron chi connectivity index (χ4n) is 16.3. The fraction of sp³-hybridized carbons (Fsp3) is 0.769. The van der Waals surface area contributed by atoms with Crippen molar-refractivity contribution in [2.75, 3.05) is 69.8 Å². The number of aliphatic carboxylic acids is 3. The zero-order valence-electron chi connectivity index (χ0n) is 83.2. The Bertz CT molecular complexity index is 4150. The smallest absolute Gasteiger partial charge is 0.326 e. The van der Waals surface area contributed by atoms with E-state index in [2.05, 4.69) is 74.4 Å². The minimum Gasteiger partial charge on any atom is -0.481 e. The topological polar surface area (TPSA) is 748 Å². The number of likely N-dealkylation sites (tertiary alicyclic amines) is 3. The van der Waals surface area contributed by atoms with Crippen LogP contribution in [0.25, 0.3) is 0 Å². The van der Waals surface area contributed by atoms with Gasteiger partial charge in [-0.2, -0.15) is 23.5 Å². The highest BCUT2D eigenvalue weighted by atomic mass is 32.2. The maximum atomic E-state index is 14.7. The molecule has 3 fully saturated rings. The van der Waals surface area contributed by atoms with Crippen LogP contribution in [0.3, 0.4) is 0 Å². The average molecular weight is 2020 g/mol. The first kappa shape index (κ1) is 124. The van der Waals surface area contributed by atoms with Crippen LogP contribution < -0.4 is 103 Å². The van der Waals surface area contributed by atoms with Gasteiger partial charge in [-0.25, -0.2) is 4.79 Å². The predicted molar refractivity (Wildman–Crippen MR) is 520 cm³/mol. The Kier molecular flexibility index (Phi) is 56.5. The van der Waals surface area contributed by atoms with Crippen molar-refractivity contribution in [3.63, 3.8) is 0 Å². The molecule has 0 saturated carbocycles. The molecule has 3 aliphatic rings. The zero-order valence-corrected chi connectivity index (χ0v) is 84.9. The third-order valence-electron chi connectivity index (χ3n) is 24.6. The number of aliphatic hydroxyl groups excluding tert-OH is 1. The van der Waals surface area contributed by atoms with E-state index in [4.69, 9.17) is 28.7 Å². The van der Waals surface area contributed by atoms with Crippen molar-refractivity contribution >= 4 is 148 Å². The summed E-state index contributed by atoms with van der Waals surface area (Å²) >= 11 is 2.61. The highest BCUT2D eigenvalue weighted by molar-refractivity contribution is 7.98. The van der Waals surface area contributed by atoms with Gasteiger partial charge in [0.1, 0.15) is 96.7 Å². The molecular weight excluding hydrogens is 1870 g/mol. The molecular formula is C91H158N22O25S2. The molecule has 0 spiro atoms. The molecule has 140 heavy (non-hydrogen) atoms. The van der Waals surface area contributed by atoms with Crippen LogP contribution in [0.15, 0.2) is 0 Å². The second-order valence-electron chi connectivity index (χ2n) is 37.5. The van der Waals surface area contributed by atoms with E-state index in [1.54, 1.807) is 67.9 Å². The number of hydrogen-bond acceptors (Lipinski definition) is 28. The van der Waals surface area contributed by atoms with Crippen LogP contribution in [0.4, 0.5) is 0 Å². The summed E-state index contributed by atoms with van der Waals surface area (Å²) in [6, 6.07) is -23.5. The molecule has 18 amide bonds. The van der Waals surface area contributed by atoms with Crippen LogP contribution in [0.2, 0.25) is 0 Å². The summed E-state index contributed by atoms with van der Waals surface area (Å²) in [5, 5.41) is 76.9. The average Bonchev–Trinajstić information content (AvgIpc) is 1.66. The lowest BCUT2D eigenvalue weighted by molar-refractivity contribution is -0.145. The number of carboxylic acids is 3. The number of aliphatic hydroxyl groups is 1. The van der Waals surface area contributed by atoms with Crippen molar-refractivity contribution in [1.82, 2.24) is 89.1 Å². The Morgan fingerprint density at radius 1 is 0.364 bits per heavy atom. The number of rotatable bonds is 67. The number of nitrogens with one attached hydrogen (secondary N) is 14. The van der Waals surface area contributed by atoms with Crippen molar-refractivity contribution in [1.29, 1.82) is 0 Å².